The lowest BCUT2D eigenvalue weighted by molar-refractivity contribution is -0.117. The highest BCUT2D eigenvalue weighted by molar-refractivity contribution is 7.09. The normalized spacial score (nSPS) is 13.9. The number of amides is 1. The zero-order chi connectivity index (χ0) is 12.7. The summed E-state index contributed by atoms with van der Waals surface area (Å²) in [5.74, 6) is 0.127. The zero-order valence-corrected chi connectivity index (χ0v) is 10.8. The van der Waals surface area contributed by atoms with E-state index in [-0.39, 0.29) is 5.91 Å². The summed E-state index contributed by atoms with van der Waals surface area (Å²) >= 11 is 1.24. The first-order valence-corrected chi connectivity index (χ1v) is 6.22. The number of anilines is 3. The fourth-order valence-corrected chi connectivity index (χ4v) is 2.48. The van der Waals surface area contributed by atoms with E-state index >= 15 is 0 Å². The third-order valence-corrected chi connectivity index (χ3v) is 3.78. The van der Waals surface area contributed by atoms with Crippen LogP contribution in [0.2, 0.25) is 0 Å². The van der Waals surface area contributed by atoms with Crippen molar-refractivity contribution in [1.82, 2.24) is 14.8 Å². The van der Waals surface area contributed by atoms with Crippen molar-refractivity contribution in [3.05, 3.63) is 23.8 Å². The second kappa shape index (κ2) is 4.02. The highest BCUT2D eigenvalue weighted by Crippen LogP contribution is 2.33. The smallest absolute Gasteiger partial charge is 0.232 e. The molecule has 0 radical (unpaired) electrons. The molecular formula is C11H11N5OS. The Morgan fingerprint density at radius 3 is 3.00 bits per heavy atom. The Bertz CT molecular complexity index is 597. The molecule has 1 aromatic carbocycles. The first kappa shape index (κ1) is 11.1. The lowest BCUT2D eigenvalue weighted by Gasteiger charge is -2.16. The molecule has 0 bridgehead atoms. The highest BCUT2D eigenvalue weighted by Gasteiger charge is 2.24. The lowest BCUT2D eigenvalue weighted by atomic mass is 10.1. The molecule has 3 rings (SSSR count). The number of carbonyl (C=O) groups is 1. The van der Waals surface area contributed by atoms with Gasteiger partial charge in [0.1, 0.15) is 0 Å². The van der Waals surface area contributed by atoms with Crippen LogP contribution in [-0.4, -0.2) is 34.8 Å². The summed E-state index contributed by atoms with van der Waals surface area (Å²) in [4.78, 5) is 15.2. The molecule has 18 heavy (non-hydrogen) atoms. The van der Waals surface area contributed by atoms with Gasteiger partial charge in [-0.2, -0.15) is 0 Å². The number of benzene rings is 1. The zero-order valence-electron chi connectivity index (χ0n) is 9.99. The minimum absolute atomic E-state index is 0.127. The predicted octanol–water partition coefficient (Wildman–Crippen LogP) is 1.22. The Hall–Kier alpha value is -2.02. The SMILES string of the molecule is CN1C(=O)Cc2cc(N(C)c3nnns3)ccc21. The number of aromatic nitrogens is 3. The topological polar surface area (TPSA) is 62.2 Å². The molecule has 6 nitrogen and oxygen atoms in total. The largest absolute Gasteiger partial charge is 0.318 e. The van der Waals surface area contributed by atoms with Crippen LogP contribution in [0.4, 0.5) is 16.5 Å². The van der Waals surface area contributed by atoms with Crippen molar-refractivity contribution in [1.29, 1.82) is 0 Å². The summed E-state index contributed by atoms with van der Waals surface area (Å²) in [5, 5.41) is 8.23. The van der Waals surface area contributed by atoms with E-state index in [9.17, 15) is 4.79 Å². The van der Waals surface area contributed by atoms with Crippen molar-refractivity contribution in [2.24, 2.45) is 0 Å². The van der Waals surface area contributed by atoms with Crippen LogP contribution in [0.15, 0.2) is 18.2 Å². The molecule has 92 valence electrons. The number of fused-ring (bicyclic) bond motifs is 1. The van der Waals surface area contributed by atoms with E-state index in [0.29, 0.717) is 6.42 Å². The standard InChI is InChI=1S/C11H11N5OS/c1-15(11-12-13-14-18-11)8-3-4-9-7(5-8)6-10(17)16(9)2/h3-5H,6H2,1-2H3. The Labute approximate surface area is 108 Å². The first-order chi connectivity index (χ1) is 8.66. The maximum Gasteiger partial charge on any atom is 0.232 e. The molecule has 1 aromatic heterocycles. The van der Waals surface area contributed by atoms with E-state index in [4.69, 9.17) is 0 Å². The van der Waals surface area contributed by atoms with E-state index in [2.05, 4.69) is 14.8 Å². The Balaban J connectivity index is 1.97. The molecule has 0 saturated carbocycles. The molecule has 0 saturated heterocycles. The van der Waals surface area contributed by atoms with Gasteiger partial charge in [-0.05, 0) is 29.0 Å². The second-order valence-corrected chi connectivity index (χ2v) is 4.86. The summed E-state index contributed by atoms with van der Waals surface area (Å²) in [5.41, 5.74) is 3.01. The van der Waals surface area contributed by atoms with Crippen LogP contribution >= 0.6 is 11.5 Å². The first-order valence-electron chi connectivity index (χ1n) is 5.45. The summed E-state index contributed by atoms with van der Waals surface area (Å²) in [6, 6.07) is 5.94. The molecule has 2 aromatic rings. The third-order valence-electron chi connectivity index (χ3n) is 3.10. The maximum atomic E-state index is 11.6. The lowest BCUT2D eigenvalue weighted by Crippen LogP contribution is -2.20. The van der Waals surface area contributed by atoms with E-state index in [1.165, 1.54) is 11.5 Å². The van der Waals surface area contributed by atoms with Gasteiger partial charge >= 0.3 is 0 Å². The van der Waals surface area contributed by atoms with Crippen LogP contribution in [0.5, 0.6) is 0 Å². The van der Waals surface area contributed by atoms with Gasteiger partial charge in [0.05, 0.1) is 6.42 Å². The minimum Gasteiger partial charge on any atom is -0.318 e. The Morgan fingerprint density at radius 1 is 1.44 bits per heavy atom. The number of likely N-dealkylation sites (N-methyl/N-ethyl adjacent to an activating group) is 1. The van der Waals surface area contributed by atoms with Crippen molar-refractivity contribution in [3.8, 4) is 0 Å². The second-order valence-electron chi connectivity index (χ2n) is 4.15. The van der Waals surface area contributed by atoms with E-state index in [0.717, 1.165) is 22.1 Å². The molecule has 0 unspecified atom stereocenters. The minimum atomic E-state index is 0.127. The molecule has 0 aliphatic carbocycles. The van der Waals surface area contributed by atoms with E-state index in [1.807, 2.05) is 30.1 Å². The number of hydrogen-bond donors (Lipinski definition) is 0. The maximum absolute atomic E-state index is 11.6. The summed E-state index contributed by atoms with van der Waals surface area (Å²) in [7, 11) is 3.70. The van der Waals surface area contributed by atoms with Crippen molar-refractivity contribution in [3.63, 3.8) is 0 Å². The molecule has 1 aliphatic rings. The third kappa shape index (κ3) is 1.63. The van der Waals surface area contributed by atoms with Gasteiger partial charge in [-0.15, -0.1) is 0 Å². The van der Waals surface area contributed by atoms with Crippen LogP contribution in [0.3, 0.4) is 0 Å². The monoisotopic (exact) mass is 261 g/mol. The molecule has 1 aliphatic heterocycles. The Kier molecular flexibility index (Phi) is 2.48. The quantitative estimate of drug-likeness (QED) is 0.813. The Morgan fingerprint density at radius 2 is 2.28 bits per heavy atom. The van der Waals surface area contributed by atoms with Crippen LogP contribution in [0.1, 0.15) is 5.56 Å². The van der Waals surface area contributed by atoms with Gasteiger partial charge in [0.25, 0.3) is 0 Å². The number of carbonyl (C=O) groups excluding carboxylic acids is 1. The summed E-state index contributed by atoms with van der Waals surface area (Å²) in [6.07, 6.45) is 0.460. The average Bonchev–Trinajstić information content (AvgIpc) is 2.98. The van der Waals surface area contributed by atoms with Gasteiger partial charge in [-0.1, -0.05) is 9.59 Å². The van der Waals surface area contributed by atoms with Crippen LogP contribution < -0.4 is 9.80 Å². The van der Waals surface area contributed by atoms with Crippen molar-refractivity contribution >= 4 is 33.9 Å². The van der Waals surface area contributed by atoms with Gasteiger partial charge in [-0.3, -0.25) is 4.79 Å². The molecule has 0 fully saturated rings. The van der Waals surface area contributed by atoms with E-state index in [1.54, 1.807) is 11.9 Å². The fraction of sp³-hybridized carbons (Fsp3) is 0.273. The summed E-state index contributed by atoms with van der Waals surface area (Å²) < 4.78 is 3.74. The van der Waals surface area contributed by atoms with Gasteiger partial charge in [0.2, 0.25) is 11.0 Å². The number of nitrogens with zero attached hydrogens (tertiary/aromatic N) is 5. The summed E-state index contributed by atoms with van der Waals surface area (Å²) in [6.45, 7) is 0. The van der Waals surface area contributed by atoms with E-state index < -0.39 is 0 Å². The van der Waals surface area contributed by atoms with Gasteiger partial charge < -0.3 is 9.80 Å². The van der Waals surface area contributed by atoms with Gasteiger partial charge in [0, 0.05) is 37.0 Å². The van der Waals surface area contributed by atoms with Gasteiger partial charge in [-0.25, -0.2) is 0 Å². The molecule has 0 N–H and O–H groups in total. The van der Waals surface area contributed by atoms with Crippen molar-refractivity contribution < 1.29 is 4.79 Å². The highest BCUT2D eigenvalue weighted by atomic mass is 32.1. The molecule has 0 atom stereocenters. The molecular weight excluding hydrogens is 250 g/mol. The van der Waals surface area contributed by atoms with Crippen LogP contribution in [-0.2, 0) is 11.2 Å². The number of hydrogen-bond acceptors (Lipinski definition) is 6. The van der Waals surface area contributed by atoms with Crippen LogP contribution in [0.25, 0.3) is 0 Å². The average molecular weight is 261 g/mol. The molecule has 2 heterocycles. The molecule has 0 spiro atoms. The van der Waals surface area contributed by atoms with Gasteiger partial charge in [0.15, 0.2) is 0 Å². The fourth-order valence-electron chi connectivity index (χ4n) is 2.03. The molecule has 7 heteroatoms. The van der Waals surface area contributed by atoms with Crippen molar-refractivity contribution in [2.45, 2.75) is 6.42 Å². The van der Waals surface area contributed by atoms with Crippen LogP contribution in [0, 0.1) is 0 Å². The number of rotatable bonds is 2. The molecule has 1 amide bonds. The predicted molar refractivity (Wildman–Crippen MR) is 69.3 cm³/mol. The van der Waals surface area contributed by atoms with Crippen molar-refractivity contribution in [2.75, 3.05) is 23.9 Å².